The molecule has 1 heterocycles. The van der Waals surface area contributed by atoms with Crippen molar-refractivity contribution in [2.45, 2.75) is 24.8 Å². The van der Waals surface area contributed by atoms with Crippen LogP contribution in [0.2, 0.25) is 0 Å². The molecule has 2 rings (SSSR count). The Morgan fingerprint density at radius 3 is 2.44 bits per heavy atom. The number of benzene rings is 1. The van der Waals surface area contributed by atoms with Gasteiger partial charge in [-0.3, -0.25) is 0 Å². The molecule has 0 spiro atoms. The summed E-state index contributed by atoms with van der Waals surface area (Å²) < 4.78 is 30.9. The summed E-state index contributed by atoms with van der Waals surface area (Å²) in [4.78, 5) is 0.329. The number of sulfonamides is 1. The highest BCUT2D eigenvalue weighted by atomic mass is 32.2. The lowest BCUT2D eigenvalue weighted by molar-refractivity contribution is 0.115. The molecule has 1 aliphatic rings. The first kappa shape index (κ1) is 11.6. The van der Waals surface area contributed by atoms with E-state index in [1.807, 2.05) is 13.8 Å². The molecule has 1 unspecified atom stereocenters. The first-order chi connectivity index (χ1) is 7.50. The average Bonchev–Trinajstić information content (AvgIpc) is 2.66. The summed E-state index contributed by atoms with van der Waals surface area (Å²) in [6.07, 6.45) is -0.0276. The van der Waals surface area contributed by atoms with E-state index in [-0.39, 0.29) is 12.8 Å². The predicted molar refractivity (Wildman–Crippen MR) is 60.5 cm³/mol. The van der Waals surface area contributed by atoms with E-state index in [9.17, 15) is 8.42 Å². The molecule has 0 saturated carbocycles. The first-order valence-electron chi connectivity index (χ1n) is 5.18. The van der Waals surface area contributed by atoms with E-state index < -0.39 is 10.0 Å². The second kappa shape index (κ2) is 4.16. The highest BCUT2D eigenvalue weighted by Gasteiger charge is 2.31. The maximum absolute atomic E-state index is 12.1. The predicted octanol–water partition coefficient (Wildman–Crippen LogP) is 1.36. The molecule has 1 aliphatic heterocycles. The summed E-state index contributed by atoms with van der Waals surface area (Å²) in [7, 11) is -3.38. The van der Waals surface area contributed by atoms with Gasteiger partial charge in [-0.05, 0) is 26.0 Å². The summed E-state index contributed by atoms with van der Waals surface area (Å²) in [6, 6.07) is 6.86. The largest absolute Gasteiger partial charge is 0.361 e. The Kier molecular flexibility index (Phi) is 3.01. The highest BCUT2D eigenvalue weighted by Crippen LogP contribution is 2.20. The molecule has 0 aromatic heterocycles. The van der Waals surface area contributed by atoms with Crippen molar-refractivity contribution < 1.29 is 13.2 Å². The van der Waals surface area contributed by atoms with Gasteiger partial charge in [-0.15, -0.1) is 0 Å². The van der Waals surface area contributed by atoms with Crippen molar-refractivity contribution in [1.82, 2.24) is 4.31 Å². The van der Waals surface area contributed by atoms with Crippen LogP contribution < -0.4 is 0 Å². The molecule has 0 radical (unpaired) electrons. The lowest BCUT2D eigenvalue weighted by atomic mass is 10.2. The molecule has 0 bridgehead atoms. The van der Waals surface area contributed by atoms with Gasteiger partial charge in [-0.25, -0.2) is 8.42 Å². The lowest BCUT2D eigenvalue weighted by Gasteiger charge is -2.14. The summed E-state index contributed by atoms with van der Waals surface area (Å²) >= 11 is 0. The van der Waals surface area contributed by atoms with Crippen LogP contribution in [0, 0.1) is 6.92 Å². The van der Waals surface area contributed by atoms with E-state index in [2.05, 4.69) is 0 Å². The van der Waals surface area contributed by atoms with Crippen LogP contribution in [0.25, 0.3) is 0 Å². The van der Waals surface area contributed by atoms with Crippen LogP contribution in [0.5, 0.6) is 0 Å². The summed E-state index contributed by atoms with van der Waals surface area (Å²) in [5.74, 6) is 0. The van der Waals surface area contributed by atoms with Crippen molar-refractivity contribution in [1.29, 1.82) is 0 Å². The number of rotatable bonds is 2. The van der Waals surface area contributed by atoms with Crippen molar-refractivity contribution in [3.05, 3.63) is 29.8 Å². The third kappa shape index (κ3) is 2.11. The zero-order chi connectivity index (χ0) is 11.8. The molecular formula is C11H15NO3S. The molecule has 4 nitrogen and oxygen atoms in total. The monoisotopic (exact) mass is 241 g/mol. The van der Waals surface area contributed by atoms with Crippen LogP contribution in [0.15, 0.2) is 29.2 Å². The number of ether oxygens (including phenoxy) is 1. The summed E-state index contributed by atoms with van der Waals surface area (Å²) in [5.41, 5.74) is 1.05. The van der Waals surface area contributed by atoms with Crippen LogP contribution >= 0.6 is 0 Å². The molecule has 88 valence electrons. The van der Waals surface area contributed by atoms with E-state index in [1.54, 1.807) is 24.3 Å². The van der Waals surface area contributed by atoms with E-state index in [4.69, 9.17) is 4.74 Å². The fourth-order valence-corrected chi connectivity index (χ4v) is 3.01. The van der Waals surface area contributed by atoms with Crippen molar-refractivity contribution in [2.75, 3.05) is 13.3 Å². The SMILES string of the molecule is Cc1ccc(S(=O)(=O)N2COC(C)C2)cc1. The topological polar surface area (TPSA) is 46.6 Å². The Morgan fingerprint density at radius 2 is 1.94 bits per heavy atom. The maximum Gasteiger partial charge on any atom is 0.245 e. The Labute approximate surface area is 95.9 Å². The van der Waals surface area contributed by atoms with Gasteiger partial charge >= 0.3 is 0 Å². The normalized spacial score (nSPS) is 22.5. The summed E-state index contributed by atoms with van der Waals surface area (Å²) in [5, 5.41) is 0. The van der Waals surface area contributed by atoms with Crippen LogP contribution in [-0.4, -0.2) is 32.1 Å². The van der Waals surface area contributed by atoms with Crippen molar-refractivity contribution in [3.8, 4) is 0 Å². The van der Waals surface area contributed by atoms with Crippen molar-refractivity contribution >= 4 is 10.0 Å². The van der Waals surface area contributed by atoms with E-state index in [0.717, 1.165) is 5.56 Å². The average molecular weight is 241 g/mol. The smallest absolute Gasteiger partial charge is 0.245 e. The van der Waals surface area contributed by atoms with Crippen molar-refractivity contribution in [2.24, 2.45) is 0 Å². The van der Waals surface area contributed by atoms with Gasteiger partial charge in [0.05, 0.1) is 11.0 Å². The second-order valence-corrected chi connectivity index (χ2v) is 6.00. The fraction of sp³-hybridized carbons (Fsp3) is 0.455. The number of hydrogen-bond acceptors (Lipinski definition) is 3. The second-order valence-electron chi connectivity index (χ2n) is 4.06. The molecule has 1 atom stereocenters. The zero-order valence-electron chi connectivity index (χ0n) is 9.38. The Hall–Kier alpha value is -0.910. The van der Waals surface area contributed by atoms with Gasteiger partial charge in [-0.2, -0.15) is 4.31 Å². The van der Waals surface area contributed by atoms with Gasteiger partial charge in [0.25, 0.3) is 0 Å². The molecular weight excluding hydrogens is 226 g/mol. The fourth-order valence-electron chi connectivity index (χ4n) is 1.63. The van der Waals surface area contributed by atoms with E-state index in [0.29, 0.717) is 11.4 Å². The molecule has 1 aromatic carbocycles. The van der Waals surface area contributed by atoms with Gasteiger partial charge in [0.2, 0.25) is 10.0 Å². The molecule has 1 aromatic rings. The van der Waals surface area contributed by atoms with Crippen LogP contribution in [0.4, 0.5) is 0 Å². The van der Waals surface area contributed by atoms with Gasteiger partial charge in [0.15, 0.2) is 0 Å². The molecule has 0 aliphatic carbocycles. The molecule has 1 fully saturated rings. The van der Waals surface area contributed by atoms with E-state index >= 15 is 0 Å². The minimum absolute atomic E-state index is 0.0276. The molecule has 0 N–H and O–H groups in total. The number of nitrogens with zero attached hydrogens (tertiary/aromatic N) is 1. The van der Waals surface area contributed by atoms with Crippen LogP contribution in [0.3, 0.4) is 0 Å². The van der Waals surface area contributed by atoms with Gasteiger partial charge in [0, 0.05) is 6.54 Å². The summed E-state index contributed by atoms with van der Waals surface area (Å²) in [6.45, 7) is 4.37. The molecule has 5 heteroatoms. The van der Waals surface area contributed by atoms with Gasteiger partial charge in [-0.1, -0.05) is 17.7 Å². The standard InChI is InChI=1S/C11H15NO3S/c1-9-3-5-11(6-4-9)16(13,14)12-7-10(2)15-8-12/h3-6,10H,7-8H2,1-2H3. The highest BCUT2D eigenvalue weighted by molar-refractivity contribution is 7.89. The number of aryl methyl sites for hydroxylation is 1. The van der Waals surface area contributed by atoms with Crippen LogP contribution in [0.1, 0.15) is 12.5 Å². The first-order valence-corrected chi connectivity index (χ1v) is 6.62. The van der Waals surface area contributed by atoms with Crippen molar-refractivity contribution in [3.63, 3.8) is 0 Å². The van der Waals surface area contributed by atoms with Gasteiger partial charge < -0.3 is 4.74 Å². The zero-order valence-corrected chi connectivity index (χ0v) is 10.2. The maximum atomic E-state index is 12.1. The quantitative estimate of drug-likeness (QED) is 0.785. The molecule has 1 saturated heterocycles. The molecule has 16 heavy (non-hydrogen) atoms. The Bertz CT molecular complexity index is 467. The third-order valence-electron chi connectivity index (χ3n) is 2.62. The van der Waals surface area contributed by atoms with Crippen LogP contribution in [-0.2, 0) is 14.8 Å². The Morgan fingerprint density at radius 1 is 1.31 bits per heavy atom. The minimum Gasteiger partial charge on any atom is -0.361 e. The van der Waals surface area contributed by atoms with Gasteiger partial charge in [0.1, 0.15) is 6.73 Å². The third-order valence-corrected chi connectivity index (χ3v) is 4.42. The number of hydrogen-bond donors (Lipinski definition) is 0. The molecule has 0 amide bonds. The minimum atomic E-state index is -3.38. The van der Waals surface area contributed by atoms with E-state index in [1.165, 1.54) is 4.31 Å². The Balaban J connectivity index is 2.29. The lowest BCUT2D eigenvalue weighted by Crippen LogP contribution is -2.29.